The minimum absolute atomic E-state index is 0. The number of aromatic amines is 1. The largest absolute Gasteiger partial charge is 0.496 e. The predicted octanol–water partition coefficient (Wildman–Crippen LogP) is 2.25. The number of methoxy groups -OCH3 is 1. The van der Waals surface area contributed by atoms with Crippen LogP contribution in [0, 0.1) is 0 Å². The fourth-order valence-electron chi connectivity index (χ4n) is 3.70. The van der Waals surface area contributed by atoms with Gasteiger partial charge in [-0.05, 0) is 36.5 Å². The number of rotatable bonds is 4. The quantitative estimate of drug-likeness (QED) is 0.737. The summed E-state index contributed by atoms with van der Waals surface area (Å²) < 4.78 is 5.51. The molecule has 1 atom stereocenters. The first-order valence-electron chi connectivity index (χ1n) is 8.48. The molecule has 8 heteroatoms. The summed E-state index contributed by atoms with van der Waals surface area (Å²) in [5.74, 6) is 0.804. The summed E-state index contributed by atoms with van der Waals surface area (Å²) >= 11 is 0. The van der Waals surface area contributed by atoms with Crippen molar-refractivity contribution in [3.05, 3.63) is 46.5 Å². The molecule has 0 radical (unpaired) electrons. The van der Waals surface area contributed by atoms with E-state index >= 15 is 0 Å². The first kappa shape index (κ1) is 20.6. The fourth-order valence-corrected chi connectivity index (χ4v) is 3.70. The first-order valence-corrected chi connectivity index (χ1v) is 8.48. The Balaban J connectivity index is 0.00000121. The van der Waals surface area contributed by atoms with E-state index in [0.29, 0.717) is 6.54 Å². The predicted molar refractivity (Wildman–Crippen MR) is 104 cm³/mol. The van der Waals surface area contributed by atoms with E-state index in [9.17, 15) is 4.79 Å². The van der Waals surface area contributed by atoms with Crippen LogP contribution in [0.15, 0.2) is 18.5 Å². The van der Waals surface area contributed by atoms with Gasteiger partial charge in [-0.3, -0.25) is 4.79 Å². The Kier molecular flexibility index (Phi) is 6.92. The molecule has 142 valence electrons. The molecule has 1 aliphatic carbocycles. The molecule has 0 bridgehead atoms. The van der Waals surface area contributed by atoms with Crippen molar-refractivity contribution in [2.75, 3.05) is 13.7 Å². The SMILES string of the molecule is COc1cc2c(cc1CNC(=O)C1NCCc3[nH]cnc31)CCC2.Cl.Cl. The maximum absolute atomic E-state index is 12.6. The van der Waals surface area contributed by atoms with Crippen LogP contribution in [0.5, 0.6) is 5.75 Å². The summed E-state index contributed by atoms with van der Waals surface area (Å²) in [6, 6.07) is 3.91. The van der Waals surface area contributed by atoms with E-state index in [4.69, 9.17) is 4.74 Å². The van der Waals surface area contributed by atoms with Crippen LogP contribution in [-0.4, -0.2) is 29.5 Å². The number of amides is 1. The molecular weight excluding hydrogens is 375 g/mol. The number of fused-ring (bicyclic) bond motifs is 2. The highest BCUT2D eigenvalue weighted by atomic mass is 35.5. The molecule has 2 heterocycles. The van der Waals surface area contributed by atoms with Crippen molar-refractivity contribution < 1.29 is 9.53 Å². The van der Waals surface area contributed by atoms with Crippen molar-refractivity contribution in [3.63, 3.8) is 0 Å². The number of aryl methyl sites for hydroxylation is 2. The summed E-state index contributed by atoms with van der Waals surface area (Å²) in [6.07, 6.45) is 5.95. The Bertz CT molecular complexity index is 779. The number of hydrogen-bond donors (Lipinski definition) is 3. The molecule has 26 heavy (non-hydrogen) atoms. The smallest absolute Gasteiger partial charge is 0.243 e. The second-order valence-corrected chi connectivity index (χ2v) is 6.41. The lowest BCUT2D eigenvalue weighted by Gasteiger charge is -2.22. The van der Waals surface area contributed by atoms with Crippen LogP contribution < -0.4 is 15.4 Å². The van der Waals surface area contributed by atoms with Gasteiger partial charge in [0.1, 0.15) is 11.8 Å². The highest BCUT2D eigenvalue weighted by Gasteiger charge is 2.28. The number of halogens is 2. The number of nitrogens with zero attached hydrogens (tertiary/aromatic N) is 1. The standard InChI is InChI=1S/C18H22N4O2.2ClH/c1-24-15-8-12-4-2-3-11(12)7-13(15)9-20-18(23)17-16-14(5-6-19-17)21-10-22-16;;/h7-8,10,17,19H,2-6,9H2,1H3,(H,20,23)(H,21,22);2*1H. The lowest BCUT2D eigenvalue weighted by molar-refractivity contribution is -0.123. The summed E-state index contributed by atoms with van der Waals surface area (Å²) in [5.41, 5.74) is 5.63. The third-order valence-electron chi connectivity index (χ3n) is 4.96. The number of carbonyl (C=O) groups excluding carboxylic acids is 1. The molecule has 6 nitrogen and oxygen atoms in total. The van der Waals surface area contributed by atoms with Gasteiger partial charge in [-0.25, -0.2) is 4.98 Å². The van der Waals surface area contributed by atoms with Gasteiger partial charge in [-0.1, -0.05) is 6.07 Å². The van der Waals surface area contributed by atoms with Crippen LogP contribution >= 0.6 is 24.8 Å². The van der Waals surface area contributed by atoms with Gasteiger partial charge in [0.25, 0.3) is 0 Å². The zero-order valence-corrected chi connectivity index (χ0v) is 16.3. The highest BCUT2D eigenvalue weighted by Crippen LogP contribution is 2.30. The molecule has 2 aromatic rings. The van der Waals surface area contributed by atoms with Gasteiger partial charge in [0.15, 0.2) is 0 Å². The van der Waals surface area contributed by atoms with Crippen LogP contribution in [0.1, 0.15) is 40.5 Å². The molecule has 0 fully saturated rings. The van der Waals surface area contributed by atoms with E-state index < -0.39 is 0 Å². The maximum atomic E-state index is 12.6. The van der Waals surface area contributed by atoms with Gasteiger partial charge in [0.2, 0.25) is 5.91 Å². The van der Waals surface area contributed by atoms with Gasteiger partial charge in [-0.15, -0.1) is 24.8 Å². The van der Waals surface area contributed by atoms with Gasteiger partial charge in [0, 0.05) is 30.8 Å². The first-order chi connectivity index (χ1) is 11.8. The molecule has 0 spiro atoms. The van der Waals surface area contributed by atoms with Gasteiger partial charge in [-0.2, -0.15) is 0 Å². The summed E-state index contributed by atoms with van der Waals surface area (Å²) in [7, 11) is 1.68. The van der Waals surface area contributed by atoms with E-state index in [-0.39, 0.29) is 36.8 Å². The van der Waals surface area contributed by atoms with Crippen molar-refractivity contribution in [3.8, 4) is 5.75 Å². The lowest BCUT2D eigenvalue weighted by atomic mass is 10.0. The molecule has 0 saturated heterocycles. The molecule has 2 aliphatic rings. The zero-order chi connectivity index (χ0) is 16.5. The molecule has 0 saturated carbocycles. The third kappa shape index (κ3) is 3.82. The fraction of sp³-hybridized carbons (Fsp3) is 0.444. The number of nitrogens with one attached hydrogen (secondary N) is 3. The van der Waals surface area contributed by atoms with Gasteiger partial charge >= 0.3 is 0 Å². The Morgan fingerprint density at radius 1 is 1.27 bits per heavy atom. The number of benzene rings is 1. The van der Waals surface area contributed by atoms with Crippen molar-refractivity contribution in [2.24, 2.45) is 0 Å². The summed E-state index contributed by atoms with van der Waals surface area (Å²) in [4.78, 5) is 20.0. The third-order valence-corrected chi connectivity index (χ3v) is 4.96. The van der Waals surface area contributed by atoms with Crippen LogP contribution in [0.4, 0.5) is 0 Å². The van der Waals surface area contributed by atoms with Crippen LogP contribution in [0.25, 0.3) is 0 Å². The zero-order valence-electron chi connectivity index (χ0n) is 14.6. The van der Waals surface area contributed by atoms with E-state index in [2.05, 4.69) is 32.7 Å². The van der Waals surface area contributed by atoms with E-state index in [1.54, 1.807) is 13.4 Å². The molecule has 3 N–H and O–H groups in total. The van der Waals surface area contributed by atoms with Gasteiger partial charge in [0.05, 0.1) is 19.1 Å². The number of aromatic nitrogens is 2. The Morgan fingerprint density at radius 2 is 2.04 bits per heavy atom. The van der Waals surface area contributed by atoms with E-state index in [1.807, 2.05) is 0 Å². The Hall–Kier alpha value is -1.76. The van der Waals surface area contributed by atoms with Crippen LogP contribution in [0.2, 0.25) is 0 Å². The molecular formula is C18H24Cl2N4O2. The lowest BCUT2D eigenvalue weighted by Crippen LogP contribution is -2.41. The number of carbonyl (C=O) groups is 1. The van der Waals surface area contributed by atoms with Crippen molar-refractivity contribution in [1.29, 1.82) is 0 Å². The molecule has 1 amide bonds. The minimum Gasteiger partial charge on any atom is -0.496 e. The molecule has 1 unspecified atom stereocenters. The second kappa shape index (κ2) is 8.75. The van der Waals surface area contributed by atoms with Crippen molar-refractivity contribution >= 4 is 30.7 Å². The average Bonchev–Trinajstić information content (AvgIpc) is 3.26. The number of H-pyrrole nitrogens is 1. The summed E-state index contributed by atoms with van der Waals surface area (Å²) in [5, 5.41) is 6.27. The average molecular weight is 399 g/mol. The molecule has 1 aromatic heterocycles. The van der Waals surface area contributed by atoms with Crippen LogP contribution in [0.3, 0.4) is 0 Å². The highest BCUT2D eigenvalue weighted by molar-refractivity contribution is 5.85. The van der Waals surface area contributed by atoms with E-state index in [1.165, 1.54) is 17.5 Å². The number of imidazole rings is 1. The van der Waals surface area contributed by atoms with Crippen molar-refractivity contribution in [2.45, 2.75) is 38.3 Å². The van der Waals surface area contributed by atoms with Gasteiger partial charge < -0.3 is 20.4 Å². The van der Waals surface area contributed by atoms with E-state index in [0.717, 1.165) is 48.5 Å². The molecule has 4 rings (SSSR count). The number of hydrogen-bond acceptors (Lipinski definition) is 4. The summed E-state index contributed by atoms with van der Waals surface area (Å²) in [6.45, 7) is 1.24. The number of ether oxygens (including phenoxy) is 1. The monoisotopic (exact) mass is 398 g/mol. The van der Waals surface area contributed by atoms with Crippen molar-refractivity contribution in [1.82, 2.24) is 20.6 Å². The maximum Gasteiger partial charge on any atom is 0.243 e. The normalized spacial score (nSPS) is 17.3. The van der Waals surface area contributed by atoms with Crippen LogP contribution in [-0.2, 0) is 30.6 Å². The Labute approximate surface area is 165 Å². The second-order valence-electron chi connectivity index (χ2n) is 6.41. The minimum atomic E-state index is -0.388. The molecule has 1 aliphatic heterocycles. The Morgan fingerprint density at radius 3 is 2.81 bits per heavy atom. The molecule has 1 aromatic carbocycles. The topological polar surface area (TPSA) is 79.0 Å².